The number of fused-ring (bicyclic) bond motifs is 1. The van der Waals surface area contributed by atoms with E-state index in [2.05, 4.69) is 57.9 Å². The number of aliphatic imine (C=N–C) groups is 1. The topological polar surface area (TPSA) is 39.1 Å². The second-order valence-corrected chi connectivity index (χ2v) is 9.13. The van der Waals surface area contributed by atoms with Gasteiger partial charge in [0, 0.05) is 20.0 Å². The first-order valence-corrected chi connectivity index (χ1v) is 8.99. The van der Waals surface area contributed by atoms with E-state index in [4.69, 9.17) is 4.99 Å². The predicted molar refractivity (Wildman–Crippen MR) is 102 cm³/mol. The maximum Gasteiger partial charge on any atom is 0.156 e. The third-order valence-corrected chi connectivity index (χ3v) is 6.41. The molecule has 0 aromatic rings. The van der Waals surface area contributed by atoms with Gasteiger partial charge in [-0.25, -0.2) is 0 Å². The molecule has 4 heteroatoms. The fourth-order valence-corrected chi connectivity index (χ4v) is 3.41. The van der Waals surface area contributed by atoms with Gasteiger partial charge >= 0.3 is 0 Å². The number of hydrogen-bond acceptors (Lipinski definition) is 4. The Morgan fingerprint density at radius 2 is 1.79 bits per heavy atom. The number of hydrogen-bond donors (Lipinski definition) is 1. The molecule has 0 saturated carbocycles. The second kappa shape index (κ2) is 5.70. The van der Waals surface area contributed by atoms with Crippen LogP contribution in [-0.4, -0.2) is 45.7 Å². The highest BCUT2D eigenvalue weighted by molar-refractivity contribution is 6.01. The summed E-state index contributed by atoms with van der Waals surface area (Å²) in [5.41, 5.74) is 0.628. The monoisotopic (exact) mass is 333 g/mol. The molecule has 0 saturated heterocycles. The maximum absolute atomic E-state index is 11.2. The molecular weight excluding hydrogens is 298 g/mol. The largest absolute Gasteiger partial charge is 0.372 e. The summed E-state index contributed by atoms with van der Waals surface area (Å²) in [6.45, 7) is 17.9. The van der Waals surface area contributed by atoms with E-state index in [1.807, 2.05) is 32.8 Å². The van der Waals surface area contributed by atoms with Crippen LogP contribution in [0.1, 0.15) is 61.8 Å². The molecule has 2 rings (SSSR count). The van der Waals surface area contributed by atoms with Gasteiger partial charge in [0.15, 0.2) is 5.72 Å². The Labute approximate surface area is 147 Å². The average molecular weight is 334 g/mol. The highest BCUT2D eigenvalue weighted by Crippen LogP contribution is 2.46. The van der Waals surface area contributed by atoms with Crippen LogP contribution in [0.15, 0.2) is 28.9 Å². The number of aliphatic hydroxyl groups is 1. The lowest BCUT2D eigenvalue weighted by Gasteiger charge is -2.46. The van der Waals surface area contributed by atoms with Crippen LogP contribution < -0.4 is 0 Å². The van der Waals surface area contributed by atoms with E-state index in [9.17, 15) is 5.11 Å². The first-order chi connectivity index (χ1) is 10.8. The molecule has 2 atom stereocenters. The van der Waals surface area contributed by atoms with Gasteiger partial charge < -0.3 is 10.1 Å². The summed E-state index contributed by atoms with van der Waals surface area (Å²) in [6.07, 6.45) is 7.48. The van der Waals surface area contributed by atoms with Crippen molar-refractivity contribution in [1.82, 2.24) is 10.0 Å². The van der Waals surface area contributed by atoms with Crippen molar-refractivity contribution in [2.75, 3.05) is 13.6 Å². The molecule has 0 bridgehead atoms. The maximum atomic E-state index is 11.2. The van der Waals surface area contributed by atoms with Crippen molar-refractivity contribution in [3.8, 4) is 0 Å². The molecule has 1 heterocycles. The third kappa shape index (κ3) is 2.84. The van der Waals surface area contributed by atoms with E-state index in [0.717, 1.165) is 24.4 Å². The average Bonchev–Trinajstić information content (AvgIpc) is 2.60. The summed E-state index contributed by atoms with van der Waals surface area (Å²) in [6, 6.07) is 0. The molecular formula is C20H35N3O. The second-order valence-electron chi connectivity index (χ2n) is 9.13. The number of hydrazine groups is 1. The van der Waals surface area contributed by atoms with Crippen molar-refractivity contribution >= 4 is 5.71 Å². The molecule has 24 heavy (non-hydrogen) atoms. The van der Waals surface area contributed by atoms with Gasteiger partial charge in [-0.3, -0.25) is 4.99 Å². The molecule has 0 radical (unpaired) electrons. The number of nitrogens with zero attached hydrogens (tertiary/aromatic N) is 3. The van der Waals surface area contributed by atoms with Crippen molar-refractivity contribution in [2.24, 2.45) is 15.8 Å². The van der Waals surface area contributed by atoms with Gasteiger partial charge in [-0.05, 0) is 44.6 Å². The van der Waals surface area contributed by atoms with E-state index < -0.39 is 11.3 Å². The molecule has 0 spiro atoms. The zero-order valence-corrected chi connectivity index (χ0v) is 16.9. The van der Waals surface area contributed by atoms with Gasteiger partial charge in [-0.15, -0.1) is 0 Å². The van der Waals surface area contributed by atoms with Crippen LogP contribution in [0.2, 0.25) is 0 Å². The van der Waals surface area contributed by atoms with Gasteiger partial charge in [0.05, 0.1) is 16.9 Å². The zero-order chi connectivity index (χ0) is 18.6. The smallest absolute Gasteiger partial charge is 0.156 e. The molecule has 136 valence electrons. The van der Waals surface area contributed by atoms with Gasteiger partial charge in [0.2, 0.25) is 0 Å². The fraction of sp³-hybridized carbons (Fsp3) is 0.750. The molecule has 2 aliphatic rings. The molecule has 0 amide bonds. The normalized spacial score (nSPS) is 34.2. The van der Waals surface area contributed by atoms with Crippen molar-refractivity contribution in [3.05, 3.63) is 23.9 Å². The summed E-state index contributed by atoms with van der Waals surface area (Å²) in [5, 5.41) is 15.3. The number of likely N-dealkylation sites (N-methyl/N-ethyl adjacent to an activating group) is 1. The Kier molecular flexibility index (Phi) is 4.56. The molecule has 1 aliphatic heterocycles. The van der Waals surface area contributed by atoms with Crippen LogP contribution in [0.4, 0.5) is 0 Å². The highest BCUT2D eigenvalue weighted by Gasteiger charge is 2.49. The first-order valence-electron chi connectivity index (χ1n) is 8.99. The standard InChI is InChI=1S/C20H35N3O/c1-10-23-16-12-11-13-19(7,17(2,3)4)14-15(16)21-18(5,6)20(8,24)22(23)9/h11-13,24H,10,14H2,1-9H3. The SMILES string of the molecule is CCN1C2=CC=CC(C)(C(C)(C)C)CC2=NC(C)(C)C(C)(O)N1C. The molecule has 1 aliphatic carbocycles. The number of allylic oxidation sites excluding steroid dienone is 4. The van der Waals surface area contributed by atoms with E-state index in [-0.39, 0.29) is 10.8 Å². The Morgan fingerprint density at radius 3 is 2.29 bits per heavy atom. The lowest BCUT2D eigenvalue weighted by Crippen LogP contribution is -2.61. The number of rotatable bonds is 1. The Balaban J connectivity index is 2.64. The van der Waals surface area contributed by atoms with Gasteiger partial charge in [0.1, 0.15) is 0 Å². The van der Waals surface area contributed by atoms with Crippen molar-refractivity contribution < 1.29 is 5.11 Å². The molecule has 0 aromatic carbocycles. The fourth-order valence-electron chi connectivity index (χ4n) is 3.41. The Morgan fingerprint density at radius 1 is 1.21 bits per heavy atom. The molecule has 0 fully saturated rings. The zero-order valence-electron chi connectivity index (χ0n) is 16.9. The Hall–Kier alpha value is -1.13. The van der Waals surface area contributed by atoms with E-state index in [1.165, 1.54) is 0 Å². The van der Waals surface area contributed by atoms with Crippen LogP contribution >= 0.6 is 0 Å². The minimum atomic E-state index is -1.06. The van der Waals surface area contributed by atoms with Crippen molar-refractivity contribution in [3.63, 3.8) is 0 Å². The van der Waals surface area contributed by atoms with Crippen LogP contribution in [0.3, 0.4) is 0 Å². The van der Waals surface area contributed by atoms with E-state index in [1.54, 1.807) is 0 Å². The highest BCUT2D eigenvalue weighted by atomic mass is 16.3. The van der Waals surface area contributed by atoms with Gasteiger partial charge in [0.25, 0.3) is 0 Å². The van der Waals surface area contributed by atoms with Gasteiger partial charge in [-0.2, -0.15) is 5.01 Å². The first kappa shape index (κ1) is 19.2. The molecule has 0 aromatic heterocycles. The molecule has 2 unspecified atom stereocenters. The van der Waals surface area contributed by atoms with Crippen molar-refractivity contribution in [1.29, 1.82) is 0 Å². The van der Waals surface area contributed by atoms with Crippen LogP contribution in [0.5, 0.6) is 0 Å². The third-order valence-electron chi connectivity index (χ3n) is 6.41. The minimum absolute atomic E-state index is 0.00828. The summed E-state index contributed by atoms with van der Waals surface area (Å²) in [7, 11) is 1.95. The summed E-state index contributed by atoms with van der Waals surface area (Å²) >= 11 is 0. The van der Waals surface area contributed by atoms with E-state index >= 15 is 0 Å². The van der Waals surface area contributed by atoms with Crippen LogP contribution in [-0.2, 0) is 0 Å². The predicted octanol–water partition coefficient (Wildman–Crippen LogP) is 3.99. The van der Waals surface area contributed by atoms with Crippen LogP contribution in [0.25, 0.3) is 0 Å². The lowest BCUT2D eigenvalue weighted by atomic mass is 9.65. The summed E-state index contributed by atoms with van der Waals surface area (Å²) in [4.78, 5) is 5.08. The van der Waals surface area contributed by atoms with Crippen LogP contribution in [0, 0.1) is 10.8 Å². The summed E-state index contributed by atoms with van der Waals surface area (Å²) in [5.74, 6) is 0. The lowest BCUT2D eigenvalue weighted by molar-refractivity contribution is -0.198. The molecule has 1 N–H and O–H groups in total. The molecule has 4 nitrogen and oxygen atoms in total. The van der Waals surface area contributed by atoms with Crippen molar-refractivity contribution in [2.45, 2.75) is 73.1 Å². The Bertz CT molecular complexity index is 592. The summed E-state index contributed by atoms with van der Waals surface area (Å²) < 4.78 is 0. The van der Waals surface area contributed by atoms with Gasteiger partial charge in [-0.1, -0.05) is 39.8 Å². The quantitative estimate of drug-likeness (QED) is 0.788. The van der Waals surface area contributed by atoms with E-state index in [0.29, 0.717) is 0 Å². The minimum Gasteiger partial charge on any atom is -0.372 e.